The van der Waals surface area contributed by atoms with E-state index >= 15 is 0 Å². The highest BCUT2D eigenvalue weighted by Gasteiger charge is 1.95. The van der Waals surface area contributed by atoms with Crippen molar-refractivity contribution in [3.8, 4) is 0 Å². The van der Waals surface area contributed by atoms with E-state index in [9.17, 15) is 0 Å². The molecule has 94 valence electrons. The SMILES string of the molecule is NC(CCCCNCc1ccc(Cl)cc1)=NO. The molecule has 0 aliphatic rings. The van der Waals surface area contributed by atoms with Gasteiger partial charge in [-0.05, 0) is 37.1 Å². The molecular formula is C12H18ClN3O. The molecular weight excluding hydrogens is 238 g/mol. The van der Waals surface area contributed by atoms with Gasteiger partial charge in [0.05, 0.1) is 0 Å². The van der Waals surface area contributed by atoms with E-state index in [1.54, 1.807) is 0 Å². The minimum absolute atomic E-state index is 0.294. The van der Waals surface area contributed by atoms with Crippen LogP contribution >= 0.6 is 11.6 Å². The summed E-state index contributed by atoms with van der Waals surface area (Å²) in [4.78, 5) is 0. The number of rotatable bonds is 7. The summed E-state index contributed by atoms with van der Waals surface area (Å²) in [5.74, 6) is 0.294. The predicted octanol–water partition coefficient (Wildman–Crippen LogP) is 2.35. The quantitative estimate of drug-likeness (QED) is 0.230. The molecule has 0 spiro atoms. The van der Waals surface area contributed by atoms with Gasteiger partial charge in [0.2, 0.25) is 0 Å². The number of oxime groups is 1. The number of halogens is 1. The van der Waals surface area contributed by atoms with Crippen molar-refractivity contribution in [2.45, 2.75) is 25.8 Å². The highest BCUT2D eigenvalue weighted by atomic mass is 35.5. The normalized spacial score (nSPS) is 11.7. The number of hydrogen-bond acceptors (Lipinski definition) is 3. The summed E-state index contributed by atoms with van der Waals surface area (Å²) in [7, 11) is 0. The third-order valence-electron chi connectivity index (χ3n) is 2.41. The van der Waals surface area contributed by atoms with Crippen molar-refractivity contribution in [2.24, 2.45) is 10.9 Å². The van der Waals surface area contributed by atoms with Crippen molar-refractivity contribution >= 4 is 17.4 Å². The first-order valence-corrected chi connectivity index (χ1v) is 6.01. The van der Waals surface area contributed by atoms with Gasteiger partial charge in [-0.3, -0.25) is 0 Å². The molecule has 0 bridgehead atoms. The number of unbranched alkanes of at least 4 members (excludes halogenated alkanes) is 1. The first-order chi connectivity index (χ1) is 8.22. The van der Waals surface area contributed by atoms with Crippen molar-refractivity contribution in [3.63, 3.8) is 0 Å². The molecule has 0 heterocycles. The second-order valence-corrected chi connectivity index (χ2v) is 4.29. The van der Waals surface area contributed by atoms with Crippen molar-refractivity contribution in [2.75, 3.05) is 6.54 Å². The number of nitrogens with one attached hydrogen (secondary N) is 1. The number of nitrogens with zero attached hydrogens (tertiary/aromatic N) is 1. The van der Waals surface area contributed by atoms with Gasteiger partial charge >= 0.3 is 0 Å². The van der Waals surface area contributed by atoms with Crippen LogP contribution in [0.1, 0.15) is 24.8 Å². The molecule has 0 amide bonds. The Hall–Kier alpha value is -1.26. The molecule has 1 aromatic carbocycles. The summed E-state index contributed by atoms with van der Waals surface area (Å²) in [5.41, 5.74) is 6.57. The first-order valence-electron chi connectivity index (χ1n) is 5.64. The van der Waals surface area contributed by atoms with Crippen molar-refractivity contribution in [1.29, 1.82) is 0 Å². The zero-order valence-electron chi connectivity index (χ0n) is 9.69. The second-order valence-electron chi connectivity index (χ2n) is 3.85. The molecule has 0 aliphatic carbocycles. The van der Waals surface area contributed by atoms with Gasteiger partial charge in [-0.25, -0.2) is 0 Å². The molecule has 1 rings (SSSR count). The lowest BCUT2D eigenvalue weighted by Crippen LogP contribution is -2.16. The fourth-order valence-corrected chi connectivity index (χ4v) is 1.57. The summed E-state index contributed by atoms with van der Waals surface area (Å²) in [6.45, 7) is 1.75. The van der Waals surface area contributed by atoms with Crippen LogP contribution in [0, 0.1) is 0 Å². The number of benzene rings is 1. The monoisotopic (exact) mass is 255 g/mol. The minimum atomic E-state index is 0.294. The lowest BCUT2D eigenvalue weighted by molar-refractivity contribution is 0.316. The molecule has 4 N–H and O–H groups in total. The molecule has 0 aliphatic heterocycles. The van der Waals surface area contributed by atoms with Gasteiger partial charge in [0.1, 0.15) is 5.84 Å². The molecule has 17 heavy (non-hydrogen) atoms. The Morgan fingerprint density at radius 2 is 2.00 bits per heavy atom. The fourth-order valence-electron chi connectivity index (χ4n) is 1.44. The Balaban J connectivity index is 2.06. The molecule has 0 fully saturated rings. The summed E-state index contributed by atoms with van der Waals surface area (Å²) < 4.78 is 0. The molecule has 5 heteroatoms. The maximum atomic E-state index is 8.35. The van der Waals surface area contributed by atoms with Crippen LogP contribution < -0.4 is 11.1 Å². The molecule has 0 saturated heterocycles. The maximum absolute atomic E-state index is 8.35. The summed E-state index contributed by atoms with van der Waals surface area (Å²) >= 11 is 5.79. The first kappa shape index (κ1) is 13.8. The van der Waals surface area contributed by atoms with Gasteiger partial charge in [0.15, 0.2) is 0 Å². The van der Waals surface area contributed by atoms with Crippen LogP contribution in [0.3, 0.4) is 0 Å². The van der Waals surface area contributed by atoms with Crippen LogP contribution in [-0.4, -0.2) is 17.6 Å². The highest BCUT2D eigenvalue weighted by Crippen LogP contribution is 2.09. The molecule has 0 radical (unpaired) electrons. The zero-order valence-corrected chi connectivity index (χ0v) is 10.5. The Bertz CT molecular complexity index is 351. The summed E-state index contributed by atoms with van der Waals surface area (Å²) in [6, 6.07) is 7.78. The van der Waals surface area contributed by atoms with Crippen LogP contribution in [0.15, 0.2) is 29.4 Å². The third kappa shape index (κ3) is 6.14. The molecule has 0 aromatic heterocycles. The number of nitrogens with two attached hydrogens (primary N) is 1. The van der Waals surface area contributed by atoms with Gasteiger partial charge in [0, 0.05) is 18.0 Å². The molecule has 4 nitrogen and oxygen atoms in total. The van der Waals surface area contributed by atoms with E-state index in [1.165, 1.54) is 5.56 Å². The van der Waals surface area contributed by atoms with Crippen molar-refractivity contribution < 1.29 is 5.21 Å². The Morgan fingerprint density at radius 3 is 2.65 bits per heavy atom. The smallest absolute Gasteiger partial charge is 0.139 e. The molecule has 1 aromatic rings. The van der Waals surface area contributed by atoms with E-state index in [1.807, 2.05) is 24.3 Å². The van der Waals surface area contributed by atoms with E-state index in [0.29, 0.717) is 12.3 Å². The largest absolute Gasteiger partial charge is 0.409 e. The maximum Gasteiger partial charge on any atom is 0.139 e. The van der Waals surface area contributed by atoms with E-state index in [2.05, 4.69) is 10.5 Å². The van der Waals surface area contributed by atoms with Gasteiger partial charge in [-0.15, -0.1) is 0 Å². The number of amidine groups is 1. The lowest BCUT2D eigenvalue weighted by Gasteiger charge is -2.04. The van der Waals surface area contributed by atoms with E-state index in [-0.39, 0.29) is 0 Å². The summed E-state index contributed by atoms with van der Waals surface area (Å²) in [6.07, 6.45) is 2.56. The number of hydrogen-bond donors (Lipinski definition) is 3. The van der Waals surface area contributed by atoms with Crippen LogP contribution in [0.25, 0.3) is 0 Å². The van der Waals surface area contributed by atoms with E-state index in [0.717, 1.165) is 31.0 Å². The predicted molar refractivity (Wildman–Crippen MR) is 70.4 cm³/mol. The fraction of sp³-hybridized carbons (Fsp3) is 0.417. The van der Waals surface area contributed by atoms with Gasteiger partial charge in [-0.2, -0.15) is 0 Å². The molecule has 0 saturated carbocycles. The van der Waals surface area contributed by atoms with Gasteiger partial charge in [0.25, 0.3) is 0 Å². The Kier molecular flexibility index (Phi) is 6.43. The van der Waals surface area contributed by atoms with Crippen LogP contribution in [-0.2, 0) is 6.54 Å². The van der Waals surface area contributed by atoms with Gasteiger partial charge in [-0.1, -0.05) is 28.9 Å². The topological polar surface area (TPSA) is 70.6 Å². The Morgan fingerprint density at radius 1 is 1.29 bits per heavy atom. The van der Waals surface area contributed by atoms with E-state index < -0.39 is 0 Å². The summed E-state index contributed by atoms with van der Waals surface area (Å²) in [5, 5.41) is 15.4. The van der Waals surface area contributed by atoms with Crippen molar-refractivity contribution in [1.82, 2.24) is 5.32 Å². The third-order valence-corrected chi connectivity index (χ3v) is 2.66. The van der Waals surface area contributed by atoms with Crippen molar-refractivity contribution in [3.05, 3.63) is 34.9 Å². The van der Waals surface area contributed by atoms with Crippen LogP contribution in [0.4, 0.5) is 0 Å². The lowest BCUT2D eigenvalue weighted by atomic mass is 10.2. The van der Waals surface area contributed by atoms with E-state index in [4.69, 9.17) is 22.5 Å². The average molecular weight is 256 g/mol. The zero-order chi connectivity index (χ0) is 12.5. The van der Waals surface area contributed by atoms with Crippen LogP contribution in [0.2, 0.25) is 5.02 Å². The Labute approximate surface area is 106 Å². The highest BCUT2D eigenvalue weighted by molar-refractivity contribution is 6.30. The molecule has 0 atom stereocenters. The van der Waals surface area contributed by atoms with Gasteiger partial charge < -0.3 is 16.3 Å². The average Bonchev–Trinajstić information content (AvgIpc) is 2.35. The van der Waals surface area contributed by atoms with Crippen LogP contribution in [0.5, 0.6) is 0 Å². The minimum Gasteiger partial charge on any atom is -0.409 e. The standard InChI is InChI=1S/C12H18ClN3O/c13-11-6-4-10(5-7-11)9-15-8-2-1-3-12(14)16-17/h4-7,15,17H,1-3,8-9H2,(H2,14,16). The second kappa shape index (κ2) is 7.92. The molecule has 0 unspecified atom stereocenters.